The fraction of sp³-hybridized carbons (Fsp3) is 0.312. The lowest BCUT2D eigenvalue weighted by molar-refractivity contribution is 0.313. The second-order valence-corrected chi connectivity index (χ2v) is 4.71. The summed E-state index contributed by atoms with van der Waals surface area (Å²) in [7, 11) is 0. The first-order chi connectivity index (χ1) is 9.24. The van der Waals surface area contributed by atoms with Gasteiger partial charge in [-0.25, -0.2) is 0 Å². The molecule has 0 atom stereocenters. The fourth-order valence-corrected chi connectivity index (χ4v) is 1.89. The molecule has 0 aliphatic rings. The Hall–Kier alpha value is -1.87. The highest BCUT2D eigenvalue weighted by Crippen LogP contribution is 2.11. The molecule has 0 spiro atoms. The maximum absolute atomic E-state index is 5.67. The number of hydrogen-bond acceptors (Lipinski definition) is 3. The van der Waals surface area contributed by atoms with E-state index in [1.165, 1.54) is 16.7 Å². The van der Waals surface area contributed by atoms with Crippen molar-refractivity contribution in [2.45, 2.75) is 20.4 Å². The zero-order valence-corrected chi connectivity index (χ0v) is 11.5. The van der Waals surface area contributed by atoms with Crippen LogP contribution in [-0.2, 0) is 6.54 Å². The molecule has 0 amide bonds. The van der Waals surface area contributed by atoms with Gasteiger partial charge >= 0.3 is 0 Å². The maximum atomic E-state index is 5.67. The monoisotopic (exact) mass is 256 g/mol. The molecule has 100 valence electrons. The van der Waals surface area contributed by atoms with E-state index >= 15 is 0 Å². The molecule has 2 aromatic rings. The molecule has 1 N–H and O–H groups in total. The van der Waals surface area contributed by atoms with Crippen LogP contribution in [-0.4, -0.2) is 18.1 Å². The molecule has 19 heavy (non-hydrogen) atoms. The summed E-state index contributed by atoms with van der Waals surface area (Å²) in [5.74, 6) is 0.930. The van der Waals surface area contributed by atoms with Crippen molar-refractivity contribution in [1.82, 2.24) is 10.3 Å². The van der Waals surface area contributed by atoms with Crippen LogP contribution in [0.5, 0.6) is 5.75 Å². The van der Waals surface area contributed by atoms with E-state index in [0.717, 1.165) is 18.8 Å². The van der Waals surface area contributed by atoms with Crippen LogP contribution in [0.25, 0.3) is 0 Å². The van der Waals surface area contributed by atoms with Gasteiger partial charge in [0.05, 0.1) is 0 Å². The number of rotatable bonds is 6. The van der Waals surface area contributed by atoms with E-state index < -0.39 is 0 Å². The molecule has 1 aromatic heterocycles. The Morgan fingerprint density at radius 1 is 1.11 bits per heavy atom. The summed E-state index contributed by atoms with van der Waals surface area (Å²) >= 11 is 0. The third-order valence-corrected chi connectivity index (χ3v) is 2.80. The lowest BCUT2D eigenvalue weighted by Crippen LogP contribution is -2.20. The van der Waals surface area contributed by atoms with E-state index in [4.69, 9.17) is 4.74 Å². The minimum atomic E-state index is 0.669. The molecule has 0 saturated heterocycles. The van der Waals surface area contributed by atoms with Crippen LogP contribution in [0.15, 0.2) is 42.7 Å². The fourth-order valence-electron chi connectivity index (χ4n) is 1.89. The van der Waals surface area contributed by atoms with Gasteiger partial charge < -0.3 is 10.1 Å². The number of benzene rings is 1. The van der Waals surface area contributed by atoms with Gasteiger partial charge in [0.1, 0.15) is 12.4 Å². The van der Waals surface area contributed by atoms with E-state index in [2.05, 4.69) is 36.3 Å². The van der Waals surface area contributed by atoms with Gasteiger partial charge in [-0.15, -0.1) is 0 Å². The van der Waals surface area contributed by atoms with Crippen molar-refractivity contribution in [3.63, 3.8) is 0 Å². The Balaban J connectivity index is 1.67. The second-order valence-electron chi connectivity index (χ2n) is 4.71. The van der Waals surface area contributed by atoms with Gasteiger partial charge in [-0.3, -0.25) is 4.98 Å². The molecule has 0 fully saturated rings. The molecular weight excluding hydrogens is 236 g/mol. The predicted octanol–water partition coefficient (Wildman–Crippen LogP) is 2.87. The van der Waals surface area contributed by atoms with Gasteiger partial charge in [0.15, 0.2) is 0 Å². The van der Waals surface area contributed by atoms with Crippen molar-refractivity contribution in [2.75, 3.05) is 13.2 Å². The second kappa shape index (κ2) is 6.90. The molecule has 1 aromatic carbocycles. The minimum absolute atomic E-state index is 0.669. The van der Waals surface area contributed by atoms with Crippen LogP contribution in [0.1, 0.15) is 16.7 Å². The number of ether oxygens (including phenoxy) is 1. The van der Waals surface area contributed by atoms with Gasteiger partial charge in [-0.2, -0.15) is 0 Å². The normalized spacial score (nSPS) is 10.4. The lowest BCUT2D eigenvalue weighted by atomic mass is 10.2. The third-order valence-electron chi connectivity index (χ3n) is 2.80. The summed E-state index contributed by atoms with van der Waals surface area (Å²) in [4.78, 5) is 4.17. The van der Waals surface area contributed by atoms with Crippen molar-refractivity contribution in [2.24, 2.45) is 0 Å². The van der Waals surface area contributed by atoms with Gasteiger partial charge in [0.2, 0.25) is 0 Å². The summed E-state index contributed by atoms with van der Waals surface area (Å²) in [5, 5.41) is 3.35. The third kappa shape index (κ3) is 4.72. The standard InChI is InChI=1S/C16H20N2O/c1-13-4-3-5-16(9-13)19-7-6-17-11-15-8-14(2)10-18-12-15/h3-5,8-10,12,17H,6-7,11H2,1-2H3. The highest BCUT2D eigenvalue weighted by molar-refractivity contribution is 5.27. The largest absolute Gasteiger partial charge is 0.492 e. The zero-order chi connectivity index (χ0) is 13.5. The van der Waals surface area contributed by atoms with Crippen molar-refractivity contribution < 1.29 is 4.74 Å². The summed E-state index contributed by atoms with van der Waals surface area (Å²) in [6, 6.07) is 10.2. The quantitative estimate of drug-likeness (QED) is 0.807. The molecule has 0 aliphatic heterocycles. The number of nitrogens with zero attached hydrogens (tertiary/aromatic N) is 1. The first kappa shape index (κ1) is 13.6. The van der Waals surface area contributed by atoms with Crippen LogP contribution < -0.4 is 10.1 Å². The van der Waals surface area contributed by atoms with Gasteiger partial charge in [-0.1, -0.05) is 18.2 Å². The lowest BCUT2D eigenvalue weighted by Gasteiger charge is -2.08. The van der Waals surface area contributed by atoms with Gasteiger partial charge in [-0.05, 0) is 42.7 Å². The molecule has 3 heteroatoms. The molecule has 0 bridgehead atoms. The first-order valence-electron chi connectivity index (χ1n) is 6.55. The van der Waals surface area contributed by atoms with E-state index in [0.29, 0.717) is 6.61 Å². The Labute approximate surface area is 114 Å². The van der Waals surface area contributed by atoms with E-state index in [-0.39, 0.29) is 0 Å². The van der Waals surface area contributed by atoms with Crippen LogP contribution in [0.2, 0.25) is 0 Å². The molecule has 0 saturated carbocycles. The minimum Gasteiger partial charge on any atom is -0.492 e. The highest BCUT2D eigenvalue weighted by Gasteiger charge is 1.96. The van der Waals surface area contributed by atoms with Gasteiger partial charge in [0, 0.05) is 25.5 Å². The Morgan fingerprint density at radius 3 is 2.79 bits per heavy atom. The molecule has 2 rings (SSSR count). The van der Waals surface area contributed by atoms with Crippen LogP contribution in [0, 0.1) is 13.8 Å². The van der Waals surface area contributed by atoms with E-state index in [9.17, 15) is 0 Å². The van der Waals surface area contributed by atoms with Crippen LogP contribution >= 0.6 is 0 Å². The summed E-state index contributed by atoms with van der Waals surface area (Å²) in [6.07, 6.45) is 3.76. The highest BCUT2D eigenvalue weighted by atomic mass is 16.5. The van der Waals surface area contributed by atoms with Crippen molar-refractivity contribution in [1.29, 1.82) is 0 Å². The van der Waals surface area contributed by atoms with Crippen LogP contribution in [0.3, 0.4) is 0 Å². The summed E-state index contributed by atoms with van der Waals surface area (Å²) in [5.41, 5.74) is 3.61. The first-order valence-corrected chi connectivity index (χ1v) is 6.55. The van der Waals surface area contributed by atoms with Crippen LogP contribution in [0.4, 0.5) is 0 Å². The van der Waals surface area contributed by atoms with Crippen molar-refractivity contribution in [3.05, 3.63) is 59.4 Å². The average Bonchev–Trinajstić information content (AvgIpc) is 2.38. The number of pyridine rings is 1. The van der Waals surface area contributed by atoms with E-state index in [1.54, 1.807) is 0 Å². The Morgan fingerprint density at radius 2 is 2.00 bits per heavy atom. The Bertz CT molecular complexity index is 478. The SMILES string of the molecule is Cc1cncc(CNCCOc2cccc(C)c2)c1. The predicted molar refractivity (Wildman–Crippen MR) is 77.4 cm³/mol. The number of hydrogen-bond donors (Lipinski definition) is 1. The number of aromatic nitrogens is 1. The van der Waals surface area contributed by atoms with E-state index in [1.807, 2.05) is 30.6 Å². The molecule has 3 nitrogen and oxygen atoms in total. The summed E-state index contributed by atoms with van der Waals surface area (Å²) < 4.78 is 5.67. The van der Waals surface area contributed by atoms with Crippen molar-refractivity contribution in [3.8, 4) is 5.75 Å². The molecular formula is C16H20N2O. The number of aryl methyl sites for hydroxylation is 2. The topological polar surface area (TPSA) is 34.2 Å². The molecule has 0 unspecified atom stereocenters. The maximum Gasteiger partial charge on any atom is 0.119 e. The molecule has 1 heterocycles. The summed E-state index contributed by atoms with van der Waals surface area (Å²) in [6.45, 7) is 6.43. The Kier molecular flexibility index (Phi) is 4.93. The smallest absolute Gasteiger partial charge is 0.119 e. The number of nitrogens with one attached hydrogen (secondary N) is 1. The average molecular weight is 256 g/mol. The molecule has 0 radical (unpaired) electrons. The van der Waals surface area contributed by atoms with Crippen molar-refractivity contribution >= 4 is 0 Å². The zero-order valence-electron chi connectivity index (χ0n) is 11.5. The van der Waals surface area contributed by atoms with Gasteiger partial charge in [0.25, 0.3) is 0 Å². The molecule has 0 aliphatic carbocycles.